The van der Waals surface area contributed by atoms with Crippen LogP contribution in [-0.2, 0) is 6.54 Å². The van der Waals surface area contributed by atoms with E-state index in [9.17, 15) is 5.11 Å². The fraction of sp³-hybridized carbons (Fsp3) is 0.722. The van der Waals surface area contributed by atoms with Crippen molar-refractivity contribution in [3.8, 4) is 0 Å². The van der Waals surface area contributed by atoms with Crippen molar-refractivity contribution in [1.29, 1.82) is 0 Å². The second-order valence-electron chi connectivity index (χ2n) is 6.77. The minimum atomic E-state index is 0.312. The lowest BCUT2D eigenvalue weighted by molar-refractivity contribution is 0.0407. The van der Waals surface area contributed by atoms with E-state index in [0.717, 1.165) is 26.1 Å². The standard InChI is InChI=1S/C18H29N3O/c22-15-18-9-3-6-12-21(18)14-17-8-2-5-11-20(17)13-16-7-1-4-10-19-16/h1,4,7,10,17-18,22H,2-3,5-6,8-9,11-15H2. The van der Waals surface area contributed by atoms with E-state index in [1.165, 1.54) is 44.3 Å². The molecule has 1 N–H and O–H groups in total. The molecule has 4 nitrogen and oxygen atoms in total. The van der Waals surface area contributed by atoms with Gasteiger partial charge in [-0.15, -0.1) is 0 Å². The van der Waals surface area contributed by atoms with Gasteiger partial charge in [-0.25, -0.2) is 0 Å². The number of aliphatic hydroxyl groups is 1. The Morgan fingerprint density at radius 3 is 2.50 bits per heavy atom. The molecule has 3 rings (SSSR count). The predicted molar refractivity (Wildman–Crippen MR) is 88.6 cm³/mol. The van der Waals surface area contributed by atoms with Gasteiger partial charge in [0.25, 0.3) is 0 Å². The van der Waals surface area contributed by atoms with E-state index in [4.69, 9.17) is 0 Å². The smallest absolute Gasteiger partial charge is 0.0586 e. The highest BCUT2D eigenvalue weighted by molar-refractivity contribution is 5.04. The summed E-state index contributed by atoms with van der Waals surface area (Å²) in [6.45, 7) is 4.71. The molecule has 0 amide bonds. The van der Waals surface area contributed by atoms with Crippen LogP contribution in [0.15, 0.2) is 24.4 Å². The van der Waals surface area contributed by atoms with Crippen molar-refractivity contribution in [2.45, 2.75) is 57.2 Å². The van der Waals surface area contributed by atoms with Crippen LogP contribution in [-0.4, -0.2) is 58.2 Å². The number of rotatable bonds is 5. The predicted octanol–water partition coefficient (Wildman–Crippen LogP) is 2.28. The molecule has 0 spiro atoms. The summed E-state index contributed by atoms with van der Waals surface area (Å²) in [5.41, 5.74) is 1.17. The summed E-state index contributed by atoms with van der Waals surface area (Å²) in [5, 5.41) is 9.63. The van der Waals surface area contributed by atoms with Crippen LogP contribution < -0.4 is 0 Å². The van der Waals surface area contributed by atoms with Gasteiger partial charge in [-0.05, 0) is 50.9 Å². The van der Waals surface area contributed by atoms with Gasteiger partial charge >= 0.3 is 0 Å². The lowest BCUT2D eigenvalue weighted by atomic mass is 9.97. The van der Waals surface area contributed by atoms with Gasteiger partial charge in [0.1, 0.15) is 0 Å². The highest BCUT2D eigenvalue weighted by Crippen LogP contribution is 2.23. The van der Waals surface area contributed by atoms with E-state index in [2.05, 4.69) is 26.9 Å². The lowest BCUT2D eigenvalue weighted by Crippen LogP contribution is -2.51. The normalized spacial score (nSPS) is 27.9. The lowest BCUT2D eigenvalue weighted by Gasteiger charge is -2.42. The summed E-state index contributed by atoms with van der Waals surface area (Å²) in [6.07, 6.45) is 9.51. The second-order valence-corrected chi connectivity index (χ2v) is 6.77. The number of likely N-dealkylation sites (tertiary alicyclic amines) is 2. The summed E-state index contributed by atoms with van der Waals surface area (Å²) in [7, 11) is 0. The molecular formula is C18H29N3O. The zero-order chi connectivity index (χ0) is 15.2. The number of hydrogen-bond acceptors (Lipinski definition) is 4. The van der Waals surface area contributed by atoms with Crippen LogP contribution in [0.1, 0.15) is 44.2 Å². The number of hydrogen-bond donors (Lipinski definition) is 1. The van der Waals surface area contributed by atoms with Crippen molar-refractivity contribution >= 4 is 0 Å². The summed E-state index contributed by atoms with van der Waals surface area (Å²) in [5.74, 6) is 0. The summed E-state index contributed by atoms with van der Waals surface area (Å²) in [6, 6.07) is 7.18. The molecule has 0 aromatic carbocycles. The molecule has 0 bridgehead atoms. The van der Waals surface area contributed by atoms with E-state index in [-0.39, 0.29) is 0 Å². The molecule has 2 fully saturated rings. The van der Waals surface area contributed by atoms with Gasteiger partial charge in [-0.3, -0.25) is 14.8 Å². The first-order valence-electron chi connectivity index (χ1n) is 8.85. The molecule has 1 aromatic heterocycles. The van der Waals surface area contributed by atoms with E-state index >= 15 is 0 Å². The molecule has 2 atom stereocenters. The molecule has 2 saturated heterocycles. The number of aliphatic hydroxyl groups excluding tert-OH is 1. The molecule has 2 aliphatic rings. The fourth-order valence-corrected chi connectivity index (χ4v) is 3.95. The van der Waals surface area contributed by atoms with E-state index in [1.807, 2.05) is 12.3 Å². The van der Waals surface area contributed by atoms with Gasteiger partial charge in [0.2, 0.25) is 0 Å². The maximum Gasteiger partial charge on any atom is 0.0586 e. The minimum Gasteiger partial charge on any atom is -0.395 e. The van der Waals surface area contributed by atoms with Gasteiger partial charge < -0.3 is 5.11 Å². The Kier molecular flexibility index (Phi) is 5.82. The van der Waals surface area contributed by atoms with Gasteiger partial charge in [0, 0.05) is 31.4 Å². The van der Waals surface area contributed by atoms with Gasteiger partial charge in [0.05, 0.1) is 12.3 Å². The van der Waals surface area contributed by atoms with Crippen LogP contribution in [0.25, 0.3) is 0 Å². The molecule has 1 aromatic rings. The SMILES string of the molecule is OCC1CCCCN1CC1CCCCN1Cc1ccccn1. The number of pyridine rings is 1. The quantitative estimate of drug-likeness (QED) is 0.906. The number of aromatic nitrogens is 1. The minimum absolute atomic E-state index is 0.312. The maximum absolute atomic E-state index is 9.63. The largest absolute Gasteiger partial charge is 0.395 e. The van der Waals surface area contributed by atoms with Crippen molar-refractivity contribution in [2.24, 2.45) is 0 Å². The Morgan fingerprint density at radius 2 is 1.77 bits per heavy atom. The third-order valence-corrected chi connectivity index (χ3v) is 5.25. The van der Waals surface area contributed by atoms with E-state index in [1.54, 1.807) is 0 Å². The Hall–Kier alpha value is -0.970. The maximum atomic E-state index is 9.63. The van der Waals surface area contributed by atoms with Crippen LogP contribution in [0.2, 0.25) is 0 Å². The summed E-state index contributed by atoms with van der Waals surface area (Å²) >= 11 is 0. The molecular weight excluding hydrogens is 274 g/mol. The van der Waals surface area contributed by atoms with Gasteiger partial charge in [0.15, 0.2) is 0 Å². The Labute approximate surface area is 134 Å². The van der Waals surface area contributed by atoms with Gasteiger partial charge in [-0.1, -0.05) is 18.9 Å². The molecule has 0 aliphatic carbocycles. The van der Waals surface area contributed by atoms with Crippen LogP contribution in [0.3, 0.4) is 0 Å². The van der Waals surface area contributed by atoms with E-state index < -0.39 is 0 Å². The van der Waals surface area contributed by atoms with Gasteiger partial charge in [-0.2, -0.15) is 0 Å². The molecule has 22 heavy (non-hydrogen) atoms. The summed E-state index contributed by atoms with van der Waals surface area (Å²) < 4.78 is 0. The molecule has 2 unspecified atom stereocenters. The van der Waals surface area contributed by atoms with Crippen molar-refractivity contribution in [3.63, 3.8) is 0 Å². The van der Waals surface area contributed by atoms with Crippen LogP contribution in [0, 0.1) is 0 Å². The average Bonchev–Trinajstić information content (AvgIpc) is 2.58. The molecule has 0 saturated carbocycles. The average molecular weight is 303 g/mol. The zero-order valence-corrected chi connectivity index (χ0v) is 13.5. The van der Waals surface area contributed by atoms with Crippen molar-refractivity contribution < 1.29 is 5.11 Å². The van der Waals surface area contributed by atoms with Crippen molar-refractivity contribution in [1.82, 2.24) is 14.8 Å². The molecule has 2 aliphatic heterocycles. The third-order valence-electron chi connectivity index (χ3n) is 5.25. The van der Waals surface area contributed by atoms with Crippen LogP contribution in [0.5, 0.6) is 0 Å². The molecule has 122 valence electrons. The Bertz CT molecular complexity index is 439. The van der Waals surface area contributed by atoms with Crippen LogP contribution in [0.4, 0.5) is 0 Å². The second kappa shape index (κ2) is 8.04. The zero-order valence-electron chi connectivity index (χ0n) is 13.5. The molecule has 4 heteroatoms. The molecule has 3 heterocycles. The first-order chi connectivity index (χ1) is 10.9. The van der Waals surface area contributed by atoms with Crippen molar-refractivity contribution in [2.75, 3.05) is 26.2 Å². The fourth-order valence-electron chi connectivity index (χ4n) is 3.95. The highest BCUT2D eigenvalue weighted by Gasteiger charge is 2.29. The monoisotopic (exact) mass is 303 g/mol. The summed E-state index contributed by atoms with van der Waals surface area (Å²) in [4.78, 5) is 9.63. The highest BCUT2D eigenvalue weighted by atomic mass is 16.3. The van der Waals surface area contributed by atoms with E-state index in [0.29, 0.717) is 18.7 Å². The number of piperidine rings is 2. The third kappa shape index (κ3) is 4.06. The van der Waals surface area contributed by atoms with Crippen LogP contribution >= 0.6 is 0 Å². The van der Waals surface area contributed by atoms with Crippen molar-refractivity contribution in [3.05, 3.63) is 30.1 Å². The topological polar surface area (TPSA) is 39.6 Å². The number of nitrogens with zero attached hydrogens (tertiary/aromatic N) is 3. The Balaban J connectivity index is 1.62. The first kappa shape index (κ1) is 15.9. The Morgan fingerprint density at radius 1 is 1.00 bits per heavy atom. The first-order valence-corrected chi connectivity index (χ1v) is 8.85. The molecule has 0 radical (unpaired) electrons.